The topological polar surface area (TPSA) is 28.2 Å². The quantitative estimate of drug-likeness (QED) is 0.911. The lowest BCUT2D eigenvalue weighted by molar-refractivity contribution is 0.709. The summed E-state index contributed by atoms with van der Waals surface area (Å²) in [6.45, 7) is 2.13. The van der Waals surface area contributed by atoms with Crippen LogP contribution in [0.1, 0.15) is 10.6 Å². The first-order chi connectivity index (χ1) is 9.24. The SMILES string of the molecule is CN(C)c1ccc(-c2nc3c(s2)CCNCC3)cc1. The highest BCUT2D eigenvalue weighted by Gasteiger charge is 2.14. The van der Waals surface area contributed by atoms with Crippen LogP contribution in [0.5, 0.6) is 0 Å². The van der Waals surface area contributed by atoms with Gasteiger partial charge in [-0.2, -0.15) is 0 Å². The Morgan fingerprint density at radius 2 is 1.84 bits per heavy atom. The van der Waals surface area contributed by atoms with Gasteiger partial charge < -0.3 is 10.2 Å². The summed E-state index contributed by atoms with van der Waals surface area (Å²) in [5, 5.41) is 4.58. The van der Waals surface area contributed by atoms with Gasteiger partial charge in [0.25, 0.3) is 0 Å². The first-order valence-corrected chi connectivity index (χ1v) is 7.53. The molecule has 3 rings (SSSR count). The van der Waals surface area contributed by atoms with Crippen molar-refractivity contribution in [1.29, 1.82) is 0 Å². The Kier molecular flexibility index (Phi) is 3.53. The first kappa shape index (κ1) is 12.6. The van der Waals surface area contributed by atoms with E-state index in [4.69, 9.17) is 4.98 Å². The van der Waals surface area contributed by atoms with E-state index < -0.39 is 0 Å². The summed E-state index contributed by atoms with van der Waals surface area (Å²) in [6.07, 6.45) is 2.17. The molecule has 0 saturated carbocycles. The molecule has 0 aliphatic carbocycles. The lowest BCUT2D eigenvalue weighted by atomic mass is 10.2. The number of nitrogens with zero attached hydrogens (tertiary/aromatic N) is 2. The van der Waals surface area contributed by atoms with E-state index in [0.717, 1.165) is 30.9 Å². The van der Waals surface area contributed by atoms with Gasteiger partial charge in [-0.3, -0.25) is 0 Å². The van der Waals surface area contributed by atoms with E-state index in [9.17, 15) is 0 Å². The van der Waals surface area contributed by atoms with Crippen molar-refractivity contribution in [1.82, 2.24) is 10.3 Å². The molecular formula is C15H19N3S. The Morgan fingerprint density at radius 3 is 2.58 bits per heavy atom. The number of nitrogens with one attached hydrogen (secondary N) is 1. The van der Waals surface area contributed by atoms with E-state index in [1.54, 1.807) is 0 Å². The summed E-state index contributed by atoms with van der Waals surface area (Å²) in [4.78, 5) is 8.39. The van der Waals surface area contributed by atoms with Crippen molar-refractivity contribution in [2.45, 2.75) is 12.8 Å². The maximum atomic E-state index is 4.82. The molecule has 0 atom stereocenters. The predicted molar refractivity (Wildman–Crippen MR) is 82.2 cm³/mol. The van der Waals surface area contributed by atoms with Gasteiger partial charge in [-0.05, 0) is 30.7 Å². The van der Waals surface area contributed by atoms with E-state index in [-0.39, 0.29) is 0 Å². The zero-order valence-electron chi connectivity index (χ0n) is 11.4. The summed E-state index contributed by atoms with van der Waals surface area (Å²) in [7, 11) is 4.13. The molecular weight excluding hydrogens is 254 g/mol. The third-order valence-corrected chi connectivity index (χ3v) is 4.68. The fraction of sp³-hybridized carbons (Fsp3) is 0.400. The summed E-state index contributed by atoms with van der Waals surface area (Å²) in [5.41, 5.74) is 3.75. The van der Waals surface area contributed by atoms with Crippen LogP contribution in [-0.2, 0) is 12.8 Å². The minimum absolute atomic E-state index is 1.05. The lowest BCUT2D eigenvalue weighted by Gasteiger charge is -2.12. The Balaban J connectivity index is 1.89. The number of fused-ring (bicyclic) bond motifs is 1. The fourth-order valence-corrected chi connectivity index (χ4v) is 3.45. The number of benzene rings is 1. The number of rotatable bonds is 2. The van der Waals surface area contributed by atoms with Gasteiger partial charge in [0.1, 0.15) is 5.01 Å². The lowest BCUT2D eigenvalue weighted by Crippen LogP contribution is -2.16. The molecule has 19 heavy (non-hydrogen) atoms. The summed E-state index contributed by atoms with van der Waals surface area (Å²) in [6, 6.07) is 8.66. The van der Waals surface area contributed by atoms with Gasteiger partial charge in [-0.1, -0.05) is 0 Å². The van der Waals surface area contributed by atoms with Gasteiger partial charge in [-0.15, -0.1) is 11.3 Å². The largest absolute Gasteiger partial charge is 0.378 e. The average molecular weight is 273 g/mol. The monoisotopic (exact) mass is 273 g/mol. The minimum atomic E-state index is 1.05. The van der Waals surface area contributed by atoms with Crippen LogP contribution in [-0.4, -0.2) is 32.2 Å². The predicted octanol–water partition coefficient (Wildman–Crippen LogP) is 2.56. The van der Waals surface area contributed by atoms with E-state index in [2.05, 4.69) is 48.6 Å². The van der Waals surface area contributed by atoms with Crippen molar-refractivity contribution < 1.29 is 0 Å². The molecule has 0 bridgehead atoms. The maximum absolute atomic E-state index is 4.82. The Bertz CT molecular complexity index is 534. The van der Waals surface area contributed by atoms with Crippen molar-refractivity contribution >= 4 is 17.0 Å². The molecule has 0 radical (unpaired) electrons. The third kappa shape index (κ3) is 2.65. The zero-order chi connectivity index (χ0) is 13.2. The Labute approximate surface area is 118 Å². The highest BCUT2D eigenvalue weighted by molar-refractivity contribution is 7.15. The number of hydrogen-bond donors (Lipinski definition) is 1. The Morgan fingerprint density at radius 1 is 1.11 bits per heavy atom. The first-order valence-electron chi connectivity index (χ1n) is 6.71. The van der Waals surface area contributed by atoms with Gasteiger partial charge in [-0.25, -0.2) is 4.98 Å². The molecule has 1 N–H and O–H groups in total. The smallest absolute Gasteiger partial charge is 0.123 e. The zero-order valence-corrected chi connectivity index (χ0v) is 12.3. The van der Waals surface area contributed by atoms with Crippen LogP contribution >= 0.6 is 11.3 Å². The molecule has 0 fully saturated rings. The highest BCUT2D eigenvalue weighted by Crippen LogP contribution is 2.30. The second-order valence-corrected chi connectivity index (χ2v) is 6.16. The maximum Gasteiger partial charge on any atom is 0.123 e. The van der Waals surface area contributed by atoms with Gasteiger partial charge in [0, 0.05) is 49.7 Å². The number of anilines is 1. The standard InChI is InChI=1S/C15H19N3S/c1-18(2)12-5-3-11(4-6-12)15-17-13-7-9-16-10-8-14(13)19-15/h3-6,16H,7-10H2,1-2H3. The highest BCUT2D eigenvalue weighted by atomic mass is 32.1. The van der Waals surface area contributed by atoms with E-state index in [1.165, 1.54) is 21.8 Å². The van der Waals surface area contributed by atoms with E-state index >= 15 is 0 Å². The van der Waals surface area contributed by atoms with Crippen molar-refractivity contribution in [3.8, 4) is 10.6 Å². The second-order valence-electron chi connectivity index (χ2n) is 5.08. The van der Waals surface area contributed by atoms with Crippen molar-refractivity contribution in [3.05, 3.63) is 34.8 Å². The van der Waals surface area contributed by atoms with Crippen LogP contribution in [0.4, 0.5) is 5.69 Å². The van der Waals surface area contributed by atoms with Crippen LogP contribution in [0, 0.1) is 0 Å². The molecule has 2 heterocycles. The van der Waals surface area contributed by atoms with Gasteiger partial charge in [0.15, 0.2) is 0 Å². The Hall–Kier alpha value is -1.39. The molecule has 1 aromatic heterocycles. The number of thiazole rings is 1. The van der Waals surface area contributed by atoms with Crippen molar-refractivity contribution in [3.63, 3.8) is 0 Å². The van der Waals surface area contributed by atoms with Crippen molar-refractivity contribution in [2.24, 2.45) is 0 Å². The van der Waals surface area contributed by atoms with Crippen molar-refractivity contribution in [2.75, 3.05) is 32.1 Å². The molecule has 100 valence electrons. The molecule has 1 aliphatic rings. The minimum Gasteiger partial charge on any atom is -0.378 e. The molecule has 0 spiro atoms. The molecule has 0 amide bonds. The molecule has 1 aliphatic heterocycles. The fourth-order valence-electron chi connectivity index (χ4n) is 2.33. The van der Waals surface area contributed by atoms with Gasteiger partial charge in [0.05, 0.1) is 5.69 Å². The summed E-state index contributed by atoms with van der Waals surface area (Å²) >= 11 is 1.85. The molecule has 4 heteroatoms. The molecule has 0 unspecified atom stereocenters. The normalized spacial score (nSPS) is 14.8. The van der Waals surface area contributed by atoms with Crippen LogP contribution < -0.4 is 10.2 Å². The van der Waals surface area contributed by atoms with Crippen LogP contribution in [0.3, 0.4) is 0 Å². The summed E-state index contributed by atoms with van der Waals surface area (Å²) < 4.78 is 0. The van der Waals surface area contributed by atoms with Gasteiger partial charge >= 0.3 is 0 Å². The second kappa shape index (κ2) is 5.31. The van der Waals surface area contributed by atoms with Crippen LogP contribution in [0.15, 0.2) is 24.3 Å². The summed E-state index contributed by atoms with van der Waals surface area (Å²) in [5.74, 6) is 0. The van der Waals surface area contributed by atoms with Crippen LogP contribution in [0.25, 0.3) is 10.6 Å². The van der Waals surface area contributed by atoms with Crippen LogP contribution in [0.2, 0.25) is 0 Å². The number of aromatic nitrogens is 1. The molecule has 2 aromatic rings. The number of hydrogen-bond acceptors (Lipinski definition) is 4. The van der Waals surface area contributed by atoms with E-state index in [1.807, 2.05) is 11.3 Å². The van der Waals surface area contributed by atoms with Gasteiger partial charge in [0.2, 0.25) is 0 Å². The third-order valence-electron chi connectivity index (χ3n) is 3.48. The molecule has 0 saturated heterocycles. The van der Waals surface area contributed by atoms with E-state index in [0.29, 0.717) is 0 Å². The molecule has 3 nitrogen and oxygen atoms in total. The molecule has 1 aromatic carbocycles. The average Bonchev–Trinajstić information content (AvgIpc) is 2.70.